The van der Waals surface area contributed by atoms with Gasteiger partial charge in [0.05, 0.1) is 5.56 Å². The Balaban J connectivity index is 1.85. The number of ketones is 1. The molecule has 3 rings (SSSR count). The minimum atomic E-state index is -4.68. The molecule has 0 spiro atoms. The van der Waals surface area contributed by atoms with Crippen molar-refractivity contribution in [1.29, 1.82) is 0 Å². The van der Waals surface area contributed by atoms with Gasteiger partial charge < -0.3 is 0 Å². The molecule has 0 aliphatic heterocycles. The van der Waals surface area contributed by atoms with Gasteiger partial charge >= 0.3 is 6.18 Å². The van der Waals surface area contributed by atoms with Crippen LogP contribution < -0.4 is 0 Å². The van der Waals surface area contributed by atoms with Crippen molar-refractivity contribution < 1.29 is 22.4 Å². The van der Waals surface area contributed by atoms with Crippen LogP contribution in [0.3, 0.4) is 0 Å². The van der Waals surface area contributed by atoms with Crippen LogP contribution in [0.4, 0.5) is 17.6 Å². The molecule has 2 atom stereocenters. The lowest BCUT2D eigenvalue weighted by molar-refractivity contribution is -0.138. The highest BCUT2D eigenvalue weighted by atomic mass is 19.4. The van der Waals surface area contributed by atoms with Crippen LogP contribution in [0, 0.1) is 17.2 Å². The summed E-state index contributed by atoms with van der Waals surface area (Å²) in [7, 11) is 0. The van der Waals surface area contributed by atoms with Crippen LogP contribution in [0.1, 0.15) is 36.5 Å². The number of carbonyl (C=O) groups is 1. The Morgan fingerprint density at radius 1 is 1.08 bits per heavy atom. The molecule has 0 radical (unpaired) electrons. The first kappa shape index (κ1) is 17.6. The maximum atomic E-state index is 13.2. The number of benzene rings is 2. The quantitative estimate of drug-likeness (QED) is 0.675. The summed E-state index contributed by atoms with van der Waals surface area (Å²) in [5.41, 5.74) is -0.526. The average molecular weight is 350 g/mol. The van der Waals surface area contributed by atoms with E-state index in [1.54, 1.807) is 0 Å². The van der Waals surface area contributed by atoms with Gasteiger partial charge in [0.15, 0.2) is 0 Å². The Bertz CT molecular complexity index is 793. The zero-order valence-corrected chi connectivity index (χ0v) is 13.9. The summed E-state index contributed by atoms with van der Waals surface area (Å²) in [5.74, 6) is -1.54. The smallest absolute Gasteiger partial charge is 0.299 e. The van der Waals surface area contributed by atoms with Crippen molar-refractivity contribution in [2.45, 2.75) is 32.4 Å². The number of Topliss-reactive ketones (excluding diaryl/α,β-unsaturated/α-hetero) is 1. The fraction of sp³-hybridized carbons (Fsp3) is 0.350. The van der Waals surface area contributed by atoms with Crippen molar-refractivity contribution >= 4 is 5.78 Å². The zero-order valence-electron chi connectivity index (χ0n) is 13.9. The topological polar surface area (TPSA) is 17.1 Å². The third kappa shape index (κ3) is 3.32. The van der Waals surface area contributed by atoms with Crippen molar-refractivity contribution in [3.05, 3.63) is 71.0 Å². The van der Waals surface area contributed by atoms with E-state index in [0.29, 0.717) is 6.07 Å². The summed E-state index contributed by atoms with van der Waals surface area (Å²) in [5, 5.41) is 0. The van der Waals surface area contributed by atoms with Gasteiger partial charge in [-0.15, -0.1) is 0 Å². The molecule has 1 saturated carbocycles. The number of carbonyl (C=O) groups excluding carboxylic acids is 1. The lowest BCUT2D eigenvalue weighted by Crippen LogP contribution is -2.15. The van der Waals surface area contributed by atoms with E-state index in [9.17, 15) is 22.4 Å². The van der Waals surface area contributed by atoms with Gasteiger partial charge in [0.2, 0.25) is 0 Å². The number of rotatable bonds is 4. The van der Waals surface area contributed by atoms with Gasteiger partial charge in [0, 0.05) is 12.3 Å². The second-order valence-corrected chi connectivity index (χ2v) is 7.13. The van der Waals surface area contributed by atoms with Crippen LogP contribution >= 0.6 is 0 Å². The monoisotopic (exact) mass is 350 g/mol. The summed E-state index contributed by atoms with van der Waals surface area (Å²) in [6.07, 6.45) is -5.03. The van der Waals surface area contributed by atoms with Crippen LogP contribution in [0.25, 0.3) is 0 Å². The van der Waals surface area contributed by atoms with Crippen molar-refractivity contribution in [1.82, 2.24) is 0 Å². The zero-order chi connectivity index (χ0) is 18.4. The molecule has 0 bridgehead atoms. The molecule has 1 fully saturated rings. The first-order chi connectivity index (χ1) is 11.6. The summed E-state index contributed by atoms with van der Waals surface area (Å²) in [6.45, 7) is 3.89. The van der Waals surface area contributed by atoms with Crippen molar-refractivity contribution in [2.24, 2.45) is 11.3 Å². The molecule has 1 aliphatic carbocycles. The van der Waals surface area contributed by atoms with Crippen molar-refractivity contribution in [2.75, 3.05) is 0 Å². The molecule has 0 aromatic heterocycles. The SMILES string of the molecule is CC1(C)[C@H](C(=O)Cc2ccc(F)cc2C(F)(F)F)[C@H]1c1ccccc1. The van der Waals surface area contributed by atoms with E-state index in [1.807, 2.05) is 44.2 Å². The molecule has 0 heterocycles. The molecule has 2 aromatic carbocycles. The fourth-order valence-electron chi connectivity index (χ4n) is 3.79. The first-order valence-electron chi connectivity index (χ1n) is 8.05. The molecule has 1 nitrogen and oxygen atoms in total. The minimum Gasteiger partial charge on any atom is -0.299 e. The Hall–Kier alpha value is -2.17. The number of halogens is 4. The molecular formula is C20H18F4O. The lowest BCUT2D eigenvalue weighted by Gasteiger charge is -2.12. The third-order valence-corrected chi connectivity index (χ3v) is 5.07. The average Bonchev–Trinajstić information content (AvgIpc) is 3.11. The lowest BCUT2D eigenvalue weighted by atomic mass is 9.97. The molecule has 0 N–H and O–H groups in total. The fourth-order valence-corrected chi connectivity index (χ4v) is 3.79. The normalized spacial score (nSPS) is 21.8. The van der Waals surface area contributed by atoms with E-state index in [1.165, 1.54) is 0 Å². The van der Waals surface area contributed by atoms with Gasteiger partial charge in [-0.25, -0.2) is 4.39 Å². The molecule has 2 aromatic rings. The van der Waals surface area contributed by atoms with E-state index in [2.05, 4.69) is 0 Å². The number of hydrogen-bond donors (Lipinski definition) is 0. The van der Waals surface area contributed by atoms with Gasteiger partial charge in [-0.2, -0.15) is 13.2 Å². The summed E-state index contributed by atoms with van der Waals surface area (Å²) in [4.78, 5) is 12.7. The second kappa shape index (κ2) is 5.97. The van der Waals surface area contributed by atoms with Crippen LogP contribution in [-0.2, 0) is 17.4 Å². The van der Waals surface area contributed by atoms with E-state index in [0.717, 1.165) is 17.7 Å². The van der Waals surface area contributed by atoms with Gasteiger partial charge in [-0.05, 0) is 34.6 Å². The molecule has 132 valence electrons. The molecule has 1 aliphatic rings. The number of alkyl halides is 3. The van der Waals surface area contributed by atoms with E-state index >= 15 is 0 Å². The van der Waals surface area contributed by atoms with Gasteiger partial charge in [-0.1, -0.05) is 50.2 Å². The van der Waals surface area contributed by atoms with Crippen molar-refractivity contribution in [3.63, 3.8) is 0 Å². The second-order valence-electron chi connectivity index (χ2n) is 7.13. The maximum absolute atomic E-state index is 13.2. The van der Waals surface area contributed by atoms with Crippen LogP contribution in [0.2, 0.25) is 0 Å². The van der Waals surface area contributed by atoms with E-state index in [4.69, 9.17) is 0 Å². The third-order valence-electron chi connectivity index (χ3n) is 5.07. The summed E-state index contributed by atoms with van der Waals surface area (Å²) >= 11 is 0. The molecule has 25 heavy (non-hydrogen) atoms. The molecule has 0 amide bonds. The summed E-state index contributed by atoms with van der Waals surface area (Å²) < 4.78 is 52.5. The maximum Gasteiger partial charge on any atom is 0.416 e. The Kier molecular flexibility index (Phi) is 4.21. The Morgan fingerprint density at radius 2 is 1.72 bits per heavy atom. The molecule has 0 unspecified atom stereocenters. The van der Waals surface area contributed by atoms with E-state index in [-0.39, 0.29) is 35.0 Å². The summed E-state index contributed by atoms with van der Waals surface area (Å²) in [6, 6.07) is 12.0. The predicted octanol–water partition coefficient (Wildman–Crippen LogP) is 5.40. The van der Waals surface area contributed by atoms with Crippen LogP contribution in [0.5, 0.6) is 0 Å². The number of hydrogen-bond acceptors (Lipinski definition) is 1. The Morgan fingerprint density at radius 3 is 2.32 bits per heavy atom. The highest BCUT2D eigenvalue weighted by Gasteiger charge is 2.61. The minimum absolute atomic E-state index is 0.00372. The van der Waals surface area contributed by atoms with E-state index < -0.39 is 17.6 Å². The highest BCUT2D eigenvalue weighted by molar-refractivity contribution is 5.88. The molecule has 5 heteroatoms. The standard InChI is InChI=1S/C20H18F4O/c1-19(2)17(12-6-4-3-5-7-12)18(19)16(25)10-13-8-9-14(21)11-15(13)20(22,23)24/h3-9,11,17-18H,10H2,1-2H3/t17-,18-/m1/s1. The highest BCUT2D eigenvalue weighted by Crippen LogP contribution is 2.64. The van der Waals surface area contributed by atoms with Gasteiger partial charge in [0.1, 0.15) is 11.6 Å². The van der Waals surface area contributed by atoms with Gasteiger partial charge in [-0.3, -0.25) is 4.79 Å². The molecule has 0 saturated heterocycles. The first-order valence-corrected chi connectivity index (χ1v) is 8.05. The molecular weight excluding hydrogens is 332 g/mol. The van der Waals surface area contributed by atoms with Crippen LogP contribution in [-0.4, -0.2) is 5.78 Å². The predicted molar refractivity (Wildman–Crippen MR) is 86.6 cm³/mol. The largest absolute Gasteiger partial charge is 0.416 e. The van der Waals surface area contributed by atoms with Crippen LogP contribution in [0.15, 0.2) is 48.5 Å². The van der Waals surface area contributed by atoms with Gasteiger partial charge in [0.25, 0.3) is 0 Å². The van der Waals surface area contributed by atoms with Crippen molar-refractivity contribution in [3.8, 4) is 0 Å². The Labute approximate surface area is 143 Å².